The number of ether oxygens (including phenoxy) is 1. The van der Waals surface area contributed by atoms with Crippen LogP contribution in [0.25, 0.3) is 0 Å². The van der Waals surface area contributed by atoms with Crippen molar-refractivity contribution in [1.29, 1.82) is 0 Å². The first-order valence-corrected chi connectivity index (χ1v) is 8.13. The maximum absolute atomic E-state index is 11.9. The van der Waals surface area contributed by atoms with Gasteiger partial charge < -0.3 is 20.3 Å². The summed E-state index contributed by atoms with van der Waals surface area (Å²) in [5.74, 6) is -0.961. The zero-order valence-electron chi connectivity index (χ0n) is 15.0. The zero-order valence-corrected chi connectivity index (χ0v) is 15.0. The number of carbonyl (C=O) groups is 2. The number of carboxylic acid groups (broad SMARTS) is 1. The Bertz CT molecular complexity index is 579. The molecule has 0 fully saturated rings. The van der Waals surface area contributed by atoms with Crippen LogP contribution in [0.5, 0.6) is 5.75 Å². The Hall–Kier alpha value is -2.24. The minimum atomic E-state index is -1.13. The van der Waals surface area contributed by atoms with Gasteiger partial charge in [-0.15, -0.1) is 0 Å². The summed E-state index contributed by atoms with van der Waals surface area (Å²) in [4.78, 5) is 23.4. The topological polar surface area (TPSA) is 95.9 Å². The Labute approximate surface area is 142 Å². The fourth-order valence-corrected chi connectivity index (χ4v) is 2.53. The molecule has 0 heterocycles. The third-order valence-electron chi connectivity index (χ3n) is 3.58. The highest BCUT2D eigenvalue weighted by molar-refractivity contribution is 5.80. The van der Waals surface area contributed by atoms with Crippen molar-refractivity contribution in [3.63, 3.8) is 0 Å². The summed E-state index contributed by atoms with van der Waals surface area (Å²) in [6.45, 7) is 9.02. The van der Waals surface area contributed by atoms with E-state index in [1.807, 2.05) is 13.8 Å². The highest BCUT2D eigenvalue weighted by Gasteiger charge is 2.26. The lowest BCUT2D eigenvalue weighted by atomic mass is 9.92. The van der Waals surface area contributed by atoms with Crippen molar-refractivity contribution in [3.05, 3.63) is 28.8 Å². The standard InChI is InChI=1S/C18H27NO5/c1-6-11-8-13(20)9-12(7-2)14(11)10-15(16(21)22)19-17(23)24-18(3,4)5/h8-9,15,20H,6-7,10H2,1-5H3,(H,19,23)(H,21,22). The van der Waals surface area contributed by atoms with Crippen molar-refractivity contribution >= 4 is 12.1 Å². The smallest absolute Gasteiger partial charge is 0.408 e. The van der Waals surface area contributed by atoms with E-state index in [9.17, 15) is 19.8 Å². The monoisotopic (exact) mass is 337 g/mol. The average molecular weight is 337 g/mol. The molecule has 0 aliphatic rings. The van der Waals surface area contributed by atoms with E-state index in [2.05, 4.69) is 5.32 Å². The van der Waals surface area contributed by atoms with Crippen LogP contribution in [0.3, 0.4) is 0 Å². The molecule has 6 heteroatoms. The van der Waals surface area contributed by atoms with Crippen LogP contribution in [0.15, 0.2) is 12.1 Å². The Balaban J connectivity index is 3.05. The van der Waals surface area contributed by atoms with Crippen LogP contribution in [0.2, 0.25) is 0 Å². The molecule has 0 aromatic heterocycles. The predicted octanol–water partition coefficient (Wildman–Crippen LogP) is 3.04. The maximum atomic E-state index is 11.9. The summed E-state index contributed by atoms with van der Waals surface area (Å²) >= 11 is 0. The van der Waals surface area contributed by atoms with Gasteiger partial charge in [-0.1, -0.05) is 13.8 Å². The number of aliphatic carboxylic acids is 1. The molecule has 134 valence electrons. The molecular weight excluding hydrogens is 310 g/mol. The van der Waals surface area contributed by atoms with E-state index in [1.165, 1.54) is 0 Å². The van der Waals surface area contributed by atoms with Crippen LogP contribution >= 0.6 is 0 Å². The summed E-state index contributed by atoms with van der Waals surface area (Å²) in [6.07, 6.45) is 0.705. The Kier molecular flexibility index (Phi) is 6.63. The summed E-state index contributed by atoms with van der Waals surface area (Å²) in [5, 5.41) is 21.7. The molecule has 1 atom stereocenters. The number of alkyl carbamates (subject to hydrolysis) is 1. The molecule has 3 N–H and O–H groups in total. The van der Waals surface area contributed by atoms with Gasteiger partial charge in [0.1, 0.15) is 17.4 Å². The van der Waals surface area contributed by atoms with Crippen molar-refractivity contribution in [2.75, 3.05) is 0 Å². The van der Waals surface area contributed by atoms with Gasteiger partial charge in [0.05, 0.1) is 0 Å². The SMILES string of the molecule is CCc1cc(O)cc(CC)c1CC(NC(=O)OC(C)(C)C)C(=O)O. The second-order valence-electron chi connectivity index (χ2n) is 6.69. The number of carboxylic acids is 1. The van der Waals surface area contributed by atoms with E-state index in [0.717, 1.165) is 16.7 Å². The Morgan fingerprint density at radius 3 is 2.04 bits per heavy atom. The van der Waals surface area contributed by atoms with Crippen LogP contribution < -0.4 is 5.32 Å². The molecule has 0 radical (unpaired) electrons. The molecule has 0 saturated heterocycles. The van der Waals surface area contributed by atoms with E-state index in [-0.39, 0.29) is 12.2 Å². The van der Waals surface area contributed by atoms with Crippen LogP contribution in [0.4, 0.5) is 4.79 Å². The molecule has 0 bridgehead atoms. The van der Waals surface area contributed by atoms with Crippen LogP contribution in [-0.2, 0) is 28.8 Å². The number of aryl methyl sites for hydroxylation is 2. The third-order valence-corrected chi connectivity index (χ3v) is 3.58. The number of hydrogen-bond donors (Lipinski definition) is 3. The Morgan fingerprint density at radius 2 is 1.67 bits per heavy atom. The minimum Gasteiger partial charge on any atom is -0.508 e. The first-order chi connectivity index (χ1) is 11.1. The van der Waals surface area contributed by atoms with Gasteiger partial charge in [-0.2, -0.15) is 0 Å². The molecule has 0 saturated carbocycles. The molecule has 6 nitrogen and oxygen atoms in total. The normalized spacial score (nSPS) is 12.5. The molecule has 1 unspecified atom stereocenters. The summed E-state index contributed by atoms with van der Waals surface area (Å²) in [7, 11) is 0. The molecular formula is C18H27NO5. The summed E-state index contributed by atoms with van der Waals surface area (Å²) in [6, 6.07) is 2.18. The van der Waals surface area contributed by atoms with Gasteiger partial charge in [-0.3, -0.25) is 0 Å². The quantitative estimate of drug-likeness (QED) is 0.741. The van der Waals surface area contributed by atoms with E-state index in [4.69, 9.17) is 4.74 Å². The number of rotatable bonds is 6. The van der Waals surface area contributed by atoms with Crippen LogP contribution in [-0.4, -0.2) is 33.9 Å². The zero-order chi connectivity index (χ0) is 18.5. The lowest BCUT2D eigenvalue weighted by molar-refractivity contribution is -0.139. The number of carbonyl (C=O) groups excluding carboxylic acids is 1. The number of benzene rings is 1. The second kappa shape index (κ2) is 8.04. The van der Waals surface area contributed by atoms with Gasteiger partial charge in [0.25, 0.3) is 0 Å². The van der Waals surface area contributed by atoms with Crippen molar-refractivity contribution in [3.8, 4) is 5.75 Å². The van der Waals surface area contributed by atoms with E-state index in [0.29, 0.717) is 12.8 Å². The van der Waals surface area contributed by atoms with Crippen LogP contribution in [0.1, 0.15) is 51.3 Å². The van der Waals surface area contributed by atoms with E-state index in [1.54, 1.807) is 32.9 Å². The van der Waals surface area contributed by atoms with Crippen molar-refractivity contribution in [2.45, 2.75) is 65.5 Å². The van der Waals surface area contributed by atoms with Gasteiger partial charge in [-0.05, 0) is 62.4 Å². The average Bonchev–Trinajstić information content (AvgIpc) is 2.45. The largest absolute Gasteiger partial charge is 0.508 e. The fourth-order valence-electron chi connectivity index (χ4n) is 2.53. The van der Waals surface area contributed by atoms with Crippen LogP contribution in [0, 0.1) is 0 Å². The number of nitrogens with one attached hydrogen (secondary N) is 1. The number of hydrogen-bond acceptors (Lipinski definition) is 4. The van der Waals surface area contributed by atoms with E-state index >= 15 is 0 Å². The second-order valence-corrected chi connectivity index (χ2v) is 6.69. The number of amides is 1. The van der Waals surface area contributed by atoms with Crippen molar-refractivity contribution < 1.29 is 24.5 Å². The third kappa shape index (κ3) is 5.76. The fraction of sp³-hybridized carbons (Fsp3) is 0.556. The molecule has 24 heavy (non-hydrogen) atoms. The first-order valence-electron chi connectivity index (χ1n) is 8.13. The number of phenolic OH excluding ortho intramolecular Hbond substituents is 1. The predicted molar refractivity (Wildman–Crippen MR) is 91.4 cm³/mol. The Morgan fingerprint density at radius 1 is 1.17 bits per heavy atom. The van der Waals surface area contributed by atoms with Gasteiger partial charge in [0.15, 0.2) is 0 Å². The molecule has 1 amide bonds. The van der Waals surface area contributed by atoms with Gasteiger partial charge in [0, 0.05) is 6.42 Å². The molecule has 1 aromatic carbocycles. The highest BCUT2D eigenvalue weighted by atomic mass is 16.6. The molecule has 0 aliphatic heterocycles. The first kappa shape index (κ1) is 19.8. The lowest BCUT2D eigenvalue weighted by Crippen LogP contribution is -2.45. The molecule has 1 aromatic rings. The number of phenols is 1. The van der Waals surface area contributed by atoms with Crippen molar-refractivity contribution in [2.24, 2.45) is 0 Å². The summed E-state index contributed by atoms with van der Waals surface area (Å²) in [5.41, 5.74) is 1.91. The molecule has 1 rings (SSSR count). The van der Waals surface area contributed by atoms with Crippen molar-refractivity contribution in [1.82, 2.24) is 5.32 Å². The van der Waals surface area contributed by atoms with Gasteiger partial charge in [0.2, 0.25) is 0 Å². The lowest BCUT2D eigenvalue weighted by Gasteiger charge is -2.23. The van der Waals surface area contributed by atoms with E-state index < -0.39 is 23.7 Å². The summed E-state index contributed by atoms with van der Waals surface area (Å²) < 4.78 is 5.13. The highest BCUT2D eigenvalue weighted by Crippen LogP contribution is 2.24. The maximum Gasteiger partial charge on any atom is 0.408 e. The van der Waals surface area contributed by atoms with Gasteiger partial charge >= 0.3 is 12.1 Å². The molecule has 0 aliphatic carbocycles. The number of aromatic hydroxyl groups is 1. The minimum absolute atomic E-state index is 0.140. The van der Waals surface area contributed by atoms with Gasteiger partial charge in [-0.25, -0.2) is 9.59 Å². The molecule has 0 spiro atoms.